The molecule has 0 amide bonds. The van der Waals surface area contributed by atoms with Crippen LogP contribution in [0.4, 0.5) is 0 Å². The Labute approximate surface area is 117 Å². The van der Waals surface area contributed by atoms with Crippen molar-refractivity contribution in [1.29, 1.82) is 0 Å². The van der Waals surface area contributed by atoms with E-state index >= 15 is 0 Å². The number of oxime groups is 1. The highest BCUT2D eigenvalue weighted by atomic mass is 32.2. The van der Waals surface area contributed by atoms with Crippen molar-refractivity contribution in [3.8, 4) is 0 Å². The minimum Gasteiger partial charge on any atom is -0.409 e. The summed E-state index contributed by atoms with van der Waals surface area (Å²) in [5.74, 6) is 0.146. The van der Waals surface area contributed by atoms with Gasteiger partial charge in [0, 0.05) is 31.7 Å². The number of sulfonamides is 1. The van der Waals surface area contributed by atoms with Crippen LogP contribution in [-0.2, 0) is 17.1 Å². The van der Waals surface area contributed by atoms with Crippen LogP contribution in [0, 0.1) is 5.41 Å². The Morgan fingerprint density at radius 1 is 1.50 bits per heavy atom. The van der Waals surface area contributed by atoms with Gasteiger partial charge in [0.2, 0.25) is 0 Å². The Bertz CT molecular complexity index is 614. The molecule has 0 radical (unpaired) electrons. The van der Waals surface area contributed by atoms with Crippen LogP contribution in [0.2, 0.25) is 0 Å². The summed E-state index contributed by atoms with van der Waals surface area (Å²) in [6, 6.07) is 0. The first-order valence-electron chi connectivity index (χ1n) is 6.26. The maximum Gasteiger partial charge on any atom is 0.262 e. The highest BCUT2D eigenvalue weighted by Gasteiger charge is 2.38. The molecule has 0 saturated carbocycles. The number of nitrogens with zero attached hydrogens (tertiary/aromatic N) is 4. The third-order valence-corrected chi connectivity index (χ3v) is 5.62. The van der Waals surface area contributed by atoms with Gasteiger partial charge in [-0.1, -0.05) is 12.1 Å². The zero-order chi connectivity index (χ0) is 15.0. The van der Waals surface area contributed by atoms with Crippen molar-refractivity contribution in [2.75, 3.05) is 13.1 Å². The van der Waals surface area contributed by atoms with E-state index in [9.17, 15) is 8.42 Å². The first-order valence-corrected chi connectivity index (χ1v) is 7.70. The topological polar surface area (TPSA) is 114 Å². The van der Waals surface area contributed by atoms with Crippen LogP contribution in [0.15, 0.2) is 22.7 Å². The Morgan fingerprint density at radius 2 is 2.10 bits per heavy atom. The summed E-state index contributed by atoms with van der Waals surface area (Å²) < 4.78 is 27.8. The molecule has 1 aliphatic rings. The number of hydrogen-bond donors (Lipinski definition) is 2. The Kier molecular flexibility index (Phi) is 3.74. The number of nitrogens with two attached hydrogens (primary N) is 1. The van der Waals surface area contributed by atoms with Crippen LogP contribution in [0.25, 0.3) is 0 Å². The van der Waals surface area contributed by atoms with Crippen LogP contribution in [0.5, 0.6) is 0 Å². The molecule has 0 bridgehead atoms. The summed E-state index contributed by atoms with van der Waals surface area (Å²) in [5.41, 5.74) is 5.20. The van der Waals surface area contributed by atoms with E-state index in [0.717, 1.165) is 0 Å². The fraction of sp³-hybridized carbons (Fsp3) is 0.636. The molecule has 2 heterocycles. The van der Waals surface area contributed by atoms with E-state index in [4.69, 9.17) is 10.9 Å². The maximum absolute atomic E-state index is 12.4. The van der Waals surface area contributed by atoms with Gasteiger partial charge >= 0.3 is 0 Å². The second kappa shape index (κ2) is 5.06. The van der Waals surface area contributed by atoms with E-state index in [2.05, 4.69) is 10.1 Å². The molecule has 0 aliphatic carbocycles. The molecule has 1 aromatic heterocycles. The van der Waals surface area contributed by atoms with Gasteiger partial charge in [-0.05, 0) is 12.8 Å². The van der Waals surface area contributed by atoms with Gasteiger partial charge in [-0.25, -0.2) is 13.4 Å². The molecule has 1 aliphatic heterocycles. The van der Waals surface area contributed by atoms with Crippen LogP contribution in [-0.4, -0.2) is 46.4 Å². The lowest BCUT2D eigenvalue weighted by molar-refractivity contribution is 0.229. The maximum atomic E-state index is 12.4. The van der Waals surface area contributed by atoms with E-state index in [1.54, 1.807) is 11.6 Å². The van der Waals surface area contributed by atoms with Crippen LogP contribution < -0.4 is 5.73 Å². The number of rotatable bonds is 3. The van der Waals surface area contributed by atoms with Crippen molar-refractivity contribution in [3.63, 3.8) is 0 Å². The Morgan fingerprint density at radius 3 is 2.55 bits per heavy atom. The molecule has 1 fully saturated rings. The summed E-state index contributed by atoms with van der Waals surface area (Å²) >= 11 is 0. The molecule has 3 N–H and O–H groups in total. The zero-order valence-corrected chi connectivity index (χ0v) is 12.3. The first-order chi connectivity index (χ1) is 9.29. The third kappa shape index (κ3) is 2.50. The van der Waals surface area contributed by atoms with Gasteiger partial charge in [0.1, 0.15) is 5.84 Å². The molecule has 2 rings (SSSR count). The summed E-state index contributed by atoms with van der Waals surface area (Å²) in [7, 11) is -1.85. The van der Waals surface area contributed by atoms with Crippen molar-refractivity contribution in [2.45, 2.75) is 24.8 Å². The molecular weight excluding hydrogens is 282 g/mol. The van der Waals surface area contributed by atoms with E-state index < -0.39 is 15.4 Å². The van der Waals surface area contributed by atoms with Crippen molar-refractivity contribution < 1.29 is 13.6 Å². The van der Waals surface area contributed by atoms with Crippen LogP contribution in [0.3, 0.4) is 0 Å². The highest BCUT2D eigenvalue weighted by Crippen LogP contribution is 2.33. The van der Waals surface area contributed by atoms with E-state index in [0.29, 0.717) is 25.9 Å². The standard InChI is InChI=1S/C11H19N5O3S/c1-11(10(12)14-17)3-5-16(6-4-11)20(18,19)9-7-15(2)8-13-9/h7-8,17H,3-6H2,1-2H3,(H2,12,14). The molecule has 0 spiro atoms. The lowest BCUT2D eigenvalue weighted by atomic mass is 9.80. The van der Waals surface area contributed by atoms with Crippen molar-refractivity contribution in [3.05, 3.63) is 12.5 Å². The molecule has 0 atom stereocenters. The summed E-state index contributed by atoms with van der Waals surface area (Å²) in [5, 5.41) is 11.9. The Hall–Kier alpha value is -1.61. The van der Waals surface area contributed by atoms with E-state index in [1.165, 1.54) is 16.8 Å². The highest BCUT2D eigenvalue weighted by molar-refractivity contribution is 7.89. The number of amidine groups is 1. The monoisotopic (exact) mass is 301 g/mol. The molecule has 9 heteroatoms. The predicted octanol–water partition coefficient (Wildman–Crippen LogP) is -0.0427. The van der Waals surface area contributed by atoms with Gasteiger partial charge in [0.05, 0.1) is 6.33 Å². The lowest BCUT2D eigenvalue weighted by Crippen LogP contribution is -2.47. The van der Waals surface area contributed by atoms with Crippen molar-refractivity contribution in [1.82, 2.24) is 13.9 Å². The molecule has 1 saturated heterocycles. The average molecular weight is 301 g/mol. The molecule has 0 unspecified atom stereocenters. The van der Waals surface area contributed by atoms with Gasteiger partial charge in [-0.2, -0.15) is 4.31 Å². The predicted molar refractivity (Wildman–Crippen MR) is 72.7 cm³/mol. The summed E-state index contributed by atoms with van der Waals surface area (Å²) in [6.07, 6.45) is 3.95. The number of aryl methyl sites for hydroxylation is 1. The van der Waals surface area contributed by atoms with Gasteiger partial charge in [0.15, 0.2) is 5.03 Å². The second-order valence-corrected chi connectivity index (χ2v) is 7.21. The smallest absolute Gasteiger partial charge is 0.262 e. The molecule has 8 nitrogen and oxygen atoms in total. The Balaban J connectivity index is 2.15. The van der Waals surface area contributed by atoms with Gasteiger partial charge in [-0.15, -0.1) is 0 Å². The quantitative estimate of drug-likeness (QED) is 0.352. The molecule has 20 heavy (non-hydrogen) atoms. The molecule has 112 valence electrons. The number of hydrogen-bond acceptors (Lipinski definition) is 5. The third-order valence-electron chi connectivity index (χ3n) is 3.84. The zero-order valence-electron chi connectivity index (χ0n) is 11.5. The molecule has 1 aromatic rings. The summed E-state index contributed by atoms with van der Waals surface area (Å²) in [6.45, 7) is 2.52. The van der Waals surface area contributed by atoms with Crippen LogP contribution in [0.1, 0.15) is 19.8 Å². The largest absolute Gasteiger partial charge is 0.409 e. The normalized spacial score (nSPS) is 21.0. The van der Waals surface area contributed by atoms with Crippen molar-refractivity contribution >= 4 is 15.9 Å². The van der Waals surface area contributed by atoms with Gasteiger partial charge in [-0.3, -0.25) is 0 Å². The van der Waals surface area contributed by atoms with Gasteiger partial charge < -0.3 is 15.5 Å². The fourth-order valence-corrected chi connectivity index (χ4v) is 3.66. The number of aromatic nitrogens is 2. The van der Waals surface area contributed by atoms with Crippen molar-refractivity contribution in [2.24, 2.45) is 23.4 Å². The number of piperidine rings is 1. The number of imidazole rings is 1. The second-order valence-electron chi connectivity index (χ2n) is 5.33. The molecular formula is C11H19N5O3S. The minimum absolute atomic E-state index is 0.0485. The van der Waals surface area contributed by atoms with E-state index in [1.807, 2.05) is 6.92 Å². The van der Waals surface area contributed by atoms with Gasteiger partial charge in [0.25, 0.3) is 10.0 Å². The average Bonchev–Trinajstić information content (AvgIpc) is 2.85. The van der Waals surface area contributed by atoms with E-state index in [-0.39, 0.29) is 10.9 Å². The minimum atomic E-state index is -3.57. The van der Waals surface area contributed by atoms with Crippen LogP contribution >= 0.6 is 0 Å². The fourth-order valence-electron chi connectivity index (χ4n) is 2.25. The first kappa shape index (κ1) is 14.8. The summed E-state index contributed by atoms with van der Waals surface area (Å²) in [4.78, 5) is 3.90. The SMILES string of the molecule is Cn1cnc(S(=O)(=O)N2CCC(C)(C(N)=NO)CC2)c1. The molecule has 0 aromatic carbocycles. The lowest BCUT2D eigenvalue weighted by Gasteiger charge is -2.37.